The third-order valence-corrected chi connectivity index (χ3v) is 7.28. The number of carbonyl (C=O) groups is 2. The van der Waals surface area contributed by atoms with E-state index >= 15 is 0 Å². The number of thioether (sulfide) groups is 1. The summed E-state index contributed by atoms with van der Waals surface area (Å²) >= 11 is 9.22. The number of hydrogen-bond acceptors (Lipinski definition) is 7. The zero-order chi connectivity index (χ0) is 22.7. The van der Waals surface area contributed by atoms with Gasteiger partial charge in [0.2, 0.25) is 5.91 Å². The highest BCUT2D eigenvalue weighted by molar-refractivity contribution is 8.16. The number of nitrogens with zero attached hydrogens (tertiary/aromatic N) is 2. The van der Waals surface area contributed by atoms with Crippen LogP contribution in [-0.2, 0) is 20.7 Å². The van der Waals surface area contributed by atoms with Gasteiger partial charge in [0.25, 0.3) is 0 Å². The van der Waals surface area contributed by atoms with Gasteiger partial charge in [0, 0.05) is 22.1 Å². The number of fused-ring (bicyclic) bond motifs is 1. The Kier molecular flexibility index (Phi) is 7.03. The van der Waals surface area contributed by atoms with Gasteiger partial charge in [-0.15, -0.1) is 11.3 Å². The summed E-state index contributed by atoms with van der Waals surface area (Å²) in [4.78, 5) is 33.2. The molecule has 166 valence electrons. The molecule has 2 aromatic rings. The maximum atomic E-state index is 12.7. The average molecular weight is 488 g/mol. The van der Waals surface area contributed by atoms with Crippen molar-refractivity contribution in [3.63, 3.8) is 0 Å². The highest BCUT2D eigenvalue weighted by Crippen LogP contribution is 2.44. The van der Waals surface area contributed by atoms with E-state index in [2.05, 4.69) is 16.4 Å². The highest BCUT2D eigenvalue weighted by Gasteiger charge is 2.40. The molecule has 0 fully saturated rings. The van der Waals surface area contributed by atoms with Gasteiger partial charge in [0.15, 0.2) is 5.17 Å². The van der Waals surface area contributed by atoms with Gasteiger partial charge in [-0.2, -0.15) is 0 Å². The van der Waals surface area contributed by atoms with Gasteiger partial charge in [-0.1, -0.05) is 41.6 Å². The Morgan fingerprint density at radius 3 is 2.72 bits per heavy atom. The molecule has 1 amide bonds. The lowest BCUT2D eigenvalue weighted by atomic mass is 9.94. The van der Waals surface area contributed by atoms with Crippen molar-refractivity contribution in [1.29, 1.82) is 0 Å². The molecule has 9 heteroatoms. The van der Waals surface area contributed by atoms with Crippen molar-refractivity contribution in [2.45, 2.75) is 25.8 Å². The summed E-state index contributed by atoms with van der Waals surface area (Å²) in [5.41, 5.74) is 2.71. The number of allylic oxidation sites excluding steroid dienone is 1. The van der Waals surface area contributed by atoms with Crippen LogP contribution in [0.2, 0.25) is 5.02 Å². The second-order valence-electron chi connectivity index (χ2n) is 7.29. The summed E-state index contributed by atoms with van der Waals surface area (Å²) in [5, 5.41) is 8.28. The monoisotopic (exact) mass is 487 g/mol. The number of esters is 1. The number of rotatable bonds is 7. The Morgan fingerprint density at radius 2 is 2.03 bits per heavy atom. The number of aliphatic imine (C=N–C) groups is 1. The first kappa shape index (κ1) is 22.6. The Labute approximate surface area is 200 Å². The van der Waals surface area contributed by atoms with Crippen LogP contribution in [0, 0.1) is 0 Å². The number of carbonyl (C=O) groups excluding carboxylic acids is 2. The molecule has 0 saturated carbocycles. The fourth-order valence-electron chi connectivity index (χ4n) is 3.71. The molecular formula is C23H22ClN3O3S2. The summed E-state index contributed by atoms with van der Waals surface area (Å²) in [6.07, 6.45) is 0.990. The molecular weight excluding hydrogens is 466 g/mol. The molecule has 0 radical (unpaired) electrons. The van der Waals surface area contributed by atoms with Gasteiger partial charge in [-0.25, -0.2) is 9.79 Å². The largest absolute Gasteiger partial charge is 0.466 e. The summed E-state index contributed by atoms with van der Waals surface area (Å²) < 4.78 is 5.07. The minimum absolute atomic E-state index is 0.0737. The summed E-state index contributed by atoms with van der Waals surface area (Å²) in [6, 6.07) is 11.0. The molecule has 0 spiro atoms. The topological polar surface area (TPSA) is 71.0 Å². The molecule has 3 heterocycles. The van der Waals surface area contributed by atoms with Crippen LogP contribution in [0.4, 0.5) is 0 Å². The fraction of sp³-hybridized carbons (Fsp3) is 0.261. The van der Waals surface area contributed by atoms with E-state index in [1.54, 1.807) is 30.4 Å². The smallest absolute Gasteiger partial charge is 0.338 e. The molecule has 1 aromatic heterocycles. The van der Waals surface area contributed by atoms with Crippen LogP contribution in [0.5, 0.6) is 0 Å². The normalized spacial score (nSPS) is 17.6. The van der Waals surface area contributed by atoms with Crippen molar-refractivity contribution in [3.05, 3.63) is 79.6 Å². The molecule has 1 aromatic carbocycles. The number of amidine groups is 1. The van der Waals surface area contributed by atoms with E-state index in [-0.39, 0.29) is 12.3 Å². The summed E-state index contributed by atoms with van der Waals surface area (Å²) in [5.74, 6) is -0.516. The number of hydrogen-bond donors (Lipinski definition) is 1. The van der Waals surface area contributed by atoms with Crippen LogP contribution in [0.25, 0.3) is 0 Å². The maximum Gasteiger partial charge on any atom is 0.338 e. The Bertz CT molecular complexity index is 1110. The van der Waals surface area contributed by atoms with Crippen LogP contribution < -0.4 is 5.32 Å². The van der Waals surface area contributed by atoms with E-state index in [0.29, 0.717) is 22.8 Å². The highest BCUT2D eigenvalue weighted by atomic mass is 35.5. The van der Waals surface area contributed by atoms with Crippen molar-refractivity contribution in [2.24, 2.45) is 4.99 Å². The molecule has 0 aliphatic carbocycles. The van der Waals surface area contributed by atoms with Gasteiger partial charge in [-0.05, 0) is 47.9 Å². The van der Waals surface area contributed by atoms with Crippen LogP contribution in [0.3, 0.4) is 0 Å². The average Bonchev–Trinajstić information content (AvgIpc) is 3.43. The van der Waals surface area contributed by atoms with E-state index in [9.17, 15) is 9.59 Å². The third-order valence-electron chi connectivity index (χ3n) is 5.21. The molecule has 0 bridgehead atoms. The third kappa shape index (κ3) is 4.77. The van der Waals surface area contributed by atoms with E-state index in [0.717, 1.165) is 22.8 Å². The molecule has 6 nitrogen and oxygen atoms in total. The Hall–Kier alpha value is -2.55. The minimum atomic E-state index is -0.451. The molecule has 0 unspecified atom stereocenters. The number of ether oxygens (including phenoxy) is 1. The molecule has 32 heavy (non-hydrogen) atoms. The van der Waals surface area contributed by atoms with Gasteiger partial charge >= 0.3 is 5.97 Å². The number of methoxy groups -OCH3 is 1. The van der Waals surface area contributed by atoms with Crippen LogP contribution >= 0.6 is 34.7 Å². The number of benzene rings is 1. The summed E-state index contributed by atoms with van der Waals surface area (Å²) in [6.45, 7) is 2.38. The quantitative estimate of drug-likeness (QED) is 0.562. The van der Waals surface area contributed by atoms with Crippen molar-refractivity contribution in [3.8, 4) is 0 Å². The van der Waals surface area contributed by atoms with Crippen LogP contribution in [0.15, 0.2) is 69.1 Å². The van der Waals surface area contributed by atoms with E-state index in [1.807, 2.05) is 33.9 Å². The number of amides is 1. The van der Waals surface area contributed by atoms with Crippen molar-refractivity contribution in [2.75, 3.05) is 13.7 Å². The number of nitrogens with one attached hydrogen (secondary N) is 1. The molecule has 1 N–H and O–H groups in total. The maximum absolute atomic E-state index is 12.7. The van der Waals surface area contributed by atoms with Crippen molar-refractivity contribution < 1.29 is 14.3 Å². The SMILES string of the molecule is COC(=O)C1=C(C)N=C2SC=C(CC(=O)NCCc3cccs3)N2[C@@H]1c1ccc(Cl)cc1. The van der Waals surface area contributed by atoms with Gasteiger partial charge in [0.05, 0.1) is 30.8 Å². The Morgan fingerprint density at radius 1 is 1.25 bits per heavy atom. The molecule has 4 rings (SSSR count). The first-order chi connectivity index (χ1) is 15.5. The fourth-order valence-corrected chi connectivity index (χ4v) is 5.51. The van der Waals surface area contributed by atoms with Crippen LogP contribution in [-0.4, -0.2) is 35.6 Å². The van der Waals surface area contributed by atoms with Gasteiger partial charge < -0.3 is 15.0 Å². The number of halogens is 1. The van der Waals surface area contributed by atoms with Crippen LogP contribution in [0.1, 0.15) is 29.8 Å². The minimum Gasteiger partial charge on any atom is -0.466 e. The lowest BCUT2D eigenvalue weighted by Crippen LogP contribution is -2.38. The second kappa shape index (κ2) is 9.94. The van der Waals surface area contributed by atoms with E-state index in [4.69, 9.17) is 16.3 Å². The zero-order valence-electron chi connectivity index (χ0n) is 17.6. The summed E-state index contributed by atoms with van der Waals surface area (Å²) in [7, 11) is 1.36. The van der Waals surface area contributed by atoms with Crippen molar-refractivity contribution in [1.82, 2.24) is 10.2 Å². The first-order valence-electron chi connectivity index (χ1n) is 10.0. The van der Waals surface area contributed by atoms with E-state index < -0.39 is 12.0 Å². The lowest BCUT2D eigenvalue weighted by molar-refractivity contribution is -0.136. The lowest BCUT2D eigenvalue weighted by Gasteiger charge is -2.36. The van der Waals surface area contributed by atoms with Gasteiger partial charge in [-0.3, -0.25) is 4.79 Å². The van der Waals surface area contributed by atoms with Gasteiger partial charge in [0.1, 0.15) is 0 Å². The van der Waals surface area contributed by atoms with Crippen molar-refractivity contribution >= 4 is 51.7 Å². The molecule has 0 saturated heterocycles. The Balaban J connectivity index is 1.56. The first-order valence-corrected chi connectivity index (χ1v) is 12.2. The predicted octanol–water partition coefficient (Wildman–Crippen LogP) is 4.90. The van der Waals surface area contributed by atoms with E-state index in [1.165, 1.54) is 23.7 Å². The standard InChI is InChI=1S/C23H22ClN3O3S2/c1-14-20(22(29)30-2)21(15-5-7-16(24)8-6-15)27-17(13-32-23(27)26-14)12-19(28)25-10-9-18-4-3-11-31-18/h3-8,11,13,21H,9-10,12H2,1-2H3,(H,25,28)/t21-/m1/s1. The molecule has 2 aliphatic heterocycles. The molecule has 1 atom stereocenters. The predicted molar refractivity (Wildman–Crippen MR) is 130 cm³/mol. The zero-order valence-corrected chi connectivity index (χ0v) is 20.0. The second-order valence-corrected chi connectivity index (χ2v) is 9.60. The molecule has 2 aliphatic rings. The number of thiophene rings is 1.